The number of piperazine rings is 1. The molecule has 0 atom stereocenters. The second kappa shape index (κ2) is 11.8. The van der Waals surface area contributed by atoms with Gasteiger partial charge in [0.1, 0.15) is 5.01 Å². The molecule has 0 radical (unpaired) electrons. The Labute approximate surface area is 207 Å². The number of fused-ring (bicyclic) bond motifs is 1. The normalized spacial score (nSPS) is 19.9. The molecule has 1 saturated carbocycles. The van der Waals surface area contributed by atoms with E-state index in [1.807, 2.05) is 18.4 Å². The summed E-state index contributed by atoms with van der Waals surface area (Å²) in [6, 6.07) is 0. The van der Waals surface area contributed by atoms with E-state index in [9.17, 15) is 4.79 Å². The molecule has 1 N–H and O–H groups in total. The zero-order chi connectivity index (χ0) is 20.9. The van der Waals surface area contributed by atoms with Crippen LogP contribution >= 0.6 is 35.3 Å². The fourth-order valence-corrected chi connectivity index (χ4v) is 5.78. The average Bonchev–Trinajstić information content (AvgIpc) is 3.12. The molecule has 2 heterocycles. The zero-order valence-electron chi connectivity index (χ0n) is 18.9. The first-order valence-electron chi connectivity index (χ1n) is 11.5. The fraction of sp³-hybridized carbons (Fsp3) is 0.773. The van der Waals surface area contributed by atoms with Gasteiger partial charge >= 0.3 is 0 Å². The third-order valence-electron chi connectivity index (χ3n) is 6.69. The molecule has 1 aromatic rings. The minimum Gasteiger partial charge on any atom is -0.355 e. The average molecular weight is 561 g/mol. The van der Waals surface area contributed by atoms with E-state index in [1.165, 1.54) is 41.3 Å². The first-order valence-corrected chi connectivity index (χ1v) is 12.4. The van der Waals surface area contributed by atoms with Crippen LogP contribution in [0, 0.1) is 5.92 Å². The molecule has 4 rings (SSSR count). The van der Waals surface area contributed by atoms with Gasteiger partial charge in [0, 0.05) is 64.2 Å². The summed E-state index contributed by atoms with van der Waals surface area (Å²) >= 11 is 1.87. The molecule has 0 spiro atoms. The Hall–Kier alpha value is -0.940. The second-order valence-electron chi connectivity index (χ2n) is 8.81. The van der Waals surface area contributed by atoms with Crippen molar-refractivity contribution in [2.45, 2.75) is 51.5 Å². The van der Waals surface area contributed by atoms with Crippen LogP contribution in [-0.4, -0.2) is 84.9 Å². The molecule has 1 amide bonds. The zero-order valence-corrected chi connectivity index (χ0v) is 22.1. The number of thiazole rings is 1. The number of nitrogens with zero attached hydrogens (tertiary/aromatic N) is 5. The molecular weight excluding hydrogens is 523 g/mol. The lowest BCUT2D eigenvalue weighted by Crippen LogP contribution is -2.52. The van der Waals surface area contributed by atoms with Crippen LogP contribution in [0.2, 0.25) is 0 Å². The van der Waals surface area contributed by atoms with Gasteiger partial charge in [0.25, 0.3) is 0 Å². The lowest BCUT2D eigenvalue weighted by Gasteiger charge is -2.38. The van der Waals surface area contributed by atoms with Crippen molar-refractivity contribution in [3.05, 3.63) is 15.6 Å². The number of guanidine groups is 1. The quantitative estimate of drug-likeness (QED) is 0.330. The number of aromatic nitrogens is 1. The lowest BCUT2D eigenvalue weighted by atomic mass is 9.84. The second-order valence-corrected chi connectivity index (χ2v) is 9.98. The number of hydrogen-bond donors (Lipinski definition) is 1. The van der Waals surface area contributed by atoms with Crippen LogP contribution in [0.25, 0.3) is 0 Å². The van der Waals surface area contributed by atoms with Gasteiger partial charge in [0.05, 0.1) is 12.2 Å². The maximum atomic E-state index is 12.4. The van der Waals surface area contributed by atoms with Crippen LogP contribution in [0.4, 0.5) is 0 Å². The molecule has 174 valence electrons. The number of rotatable bonds is 6. The smallest absolute Gasteiger partial charge is 0.225 e. The highest BCUT2D eigenvalue weighted by Gasteiger charge is 2.31. The van der Waals surface area contributed by atoms with Crippen LogP contribution in [0.3, 0.4) is 0 Å². The number of amides is 1. The first kappa shape index (κ1) is 24.7. The highest BCUT2D eigenvalue weighted by Crippen LogP contribution is 2.29. The molecular formula is C22H37IN6OS. The summed E-state index contributed by atoms with van der Waals surface area (Å²) in [7, 11) is 3.93. The van der Waals surface area contributed by atoms with Gasteiger partial charge in [-0.25, -0.2) is 4.98 Å². The molecule has 0 bridgehead atoms. The van der Waals surface area contributed by atoms with Crippen molar-refractivity contribution in [3.63, 3.8) is 0 Å². The monoisotopic (exact) mass is 560 g/mol. The molecule has 1 aliphatic heterocycles. The molecule has 2 fully saturated rings. The summed E-state index contributed by atoms with van der Waals surface area (Å²) in [6.45, 7) is 6.33. The van der Waals surface area contributed by atoms with Gasteiger partial charge in [-0.05, 0) is 38.5 Å². The molecule has 2 aliphatic carbocycles. The number of carbonyl (C=O) groups is 1. The molecule has 9 heteroatoms. The Kier molecular flexibility index (Phi) is 9.39. The SMILES string of the molecule is CN=C(NCCN1CCN(C(=O)C2CCC2)CC1)N(C)Cc1nc2c(s1)CCCC2.I. The summed E-state index contributed by atoms with van der Waals surface area (Å²) in [4.78, 5) is 29.9. The van der Waals surface area contributed by atoms with E-state index in [0.717, 1.165) is 71.0 Å². The minimum atomic E-state index is 0. The predicted octanol–water partition coefficient (Wildman–Crippen LogP) is 2.59. The first-order chi connectivity index (χ1) is 14.6. The third-order valence-corrected chi connectivity index (χ3v) is 7.83. The van der Waals surface area contributed by atoms with Gasteiger partial charge in [0.15, 0.2) is 5.96 Å². The fourth-order valence-electron chi connectivity index (χ4n) is 4.57. The number of aliphatic imine (C=N–C) groups is 1. The van der Waals surface area contributed by atoms with Gasteiger partial charge in [0.2, 0.25) is 5.91 Å². The van der Waals surface area contributed by atoms with Crippen molar-refractivity contribution in [1.29, 1.82) is 0 Å². The highest BCUT2D eigenvalue weighted by molar-refractivity contribution is 14.0. The van der Waals surface area contributed by atoms with Crippen LogP contribution < -0.4 is 5.32 Å². The van der Waals surface area contributed by atoms with Crippen molar-refractivity contribution in [3.8, 4) is 0 Å². The van der Waals surface area contributed by atoms with Crippen LogP contribution in [0.15, 0.2) is 4.99 Å². The molecule has 1 aromatic heterocycles. The predicted molar refractivity (Wildman–Crippen MR) is 137 cm³/mol. The van der Waals surface area contributed by atoms with Gasteiger partial charge in [-0.15, -0.1) is 35.3 Å². The summed E-state index contributed by atoms with van der Waals surface area (Å²) < 4.78 is 0. The topological polar surface area (TPSA) is 64.1 Å². The lowest BCUT2D eigenvalue weighted by molar-refractivity contribution is -0.139. The van der Waals surface area contributed by atoms with Crippen molar-refractivity contribution in [2.75, 3.05) is 53.4 Å². The van der Waals surface area contributed by atoms with Crippen LogP contribution in [-0.2, 0) is 24.2 Å². The van der Waals surface area contributed by atoms with E-state index in [0.29, 0.717) is 11.8 Å². The van der Waals surface area contributed by atoms with E-state index in [4.69, 9.17) is 4.98 Å². The van der Waals surface area contributed by atoms with Crippen LogP contribution in [0.1, 0.15) is 47.7 Å². The Morgan fingerprint density at radius 3 is 2.58 bits per heavy atom. The van der Waals surface area contributed by atoms with E-state index in [2.05, 4.69) is 32.1 Å². The summed E-state index contributed by atoms with van der Waals surface area (Å²) in [6.07, 6.45) is 8.33. The molecule has 1 saturated heterocycles. The summed E-state index contributed by atoms with van der Waals surface area (Å²) in [5, 5.41) is 4.69. The maximum absolute atomic E-state index is 12.4. The minimum absolute atomic E-state index is 0. The van der Waals surface area contributed by atoms with E-state index in [1.54, 1.807) is 0 Å². The van der Waals surface area contributed by atoms with Crippen molar-refractivity contribution in [1.82, 2.24) is 25.0 Å². The Morgan fingerprint density at radius 1 is 1.19 bits per heavy atom. The number of nitrogens with one attached hydrogen (secondary N) is 1. The van der Waals surface area contributed by atoms with E-state index < -0.39 is 0 Å². The summed E-state index contributed by atoms with van der Waals surface area (Å²) in [5.41, 5.74) is 1.33. The van der Waals surface area contributed by atoms with Crippen LogP contribution in [0.5, 0.6) is 0 Å². The van der Waals surface area contributed by atoms with Crippen molar-refractivity contribution < 1.29 is 4.79 Å². The molecule has 7 nitrogen and oxygen atoms in total. The Morgan fingerprint density at radius 2 is 1.94 bits per heavy atom. The standard InChI is InChI=1S/C22H36N6OS.HI/c1-23-22(26(2)16-20-25-18-8-3-4-9-19(18)30-20)24-10-11-27-12-14-28(15-13-27)21(29)17-6-5-7-17;/h17H,3-16H2,1-2H3,(H,23,24);1H. The van der Waals surface area contributed by atoms with Gasteiger partial charge < -0.3 is 15.1 Å². The van der Waals surface area contributed by atoms with Gasteiger partial charge in [-0.1, -0.05) is 6.42 Å². The molecule has 0 unspecified atom stereocenters. The number of halogens is 1. The van der Waals surface area contributed by atoms with E-state index in [-0.39, 0.29) is 24.0 Å². The van der Waals surface area contributed by atoms with E-state index >= 15 is 0 Å². The number of hydrogen-bond acceptors (Lipinski definition) is 5. The Balaban J connectivity index is 0.00000272. The molecule has 0 aromatic carbocycles. The number of aryl methyl sites for hydroxylation is 2. The van der Waals surface area contributed by atoms with Gasteiger partial charge in [-0.3, -0.25) is 14.7 Å². The van der Waals surface area contributed by atoms with Gasteiger partial charge in [-0.2, -0.15) is 0 Å². The summed E-state index contributed by atoms with van der Waals surface area (Å²) in [5.74, 6) is 1.63. The molecule has 31 heavy (non-hydrogen) atoms. The maximum Gasteiger partial charge on any atom is 0.225 e. The van der Waals surface area contributed by atoms with Crippen molar-refractivity contribution >= 4 is 47.2 Å². The highest BCUT2D eigenvalue weighted by atomic mass is 127. The Bertz CT molecular complexity index is 734. The molecule has 3 aliphatic rings. The number of carbonyl (C=O) groups excluding carboxylic acids is 1. The van der Waals surface area contributed by atoms with Crippen molar-refractivity contribution in [2.24, 2.45) is 10.9 Å². The largest absolute Gasteiger partial charge is 0.355 e. The third kappa shape index (κ3) is 6.31.